The number of rotatable bonds is 5. The van der Waals surface area contributed by atoms with Crippen LogP contribution in [-0.4, -0.2) is 46.1 Å². The van der Waals surface area contributed by atoms with Crippen LogP contribution in [0, 0.1) is 0 Å². The minimum absolute atomic E-state index is 0.0276. The molecule has 1 fully saturated rings. The molecule has 0 aliphatic carbocycles. The van der Waals surface area contributed by atoms with Crippen molar-refractivity contribution in [3.8, 4) is 11.5 Å². The molecule has 1 saturated heterocycles. The van der Waals surface area contributed by atoms with Crippen LogP contribution in [0.3, 0.4) is 0 Å². The molecule has 3 N–H and O–H groups in total. The van der Waals surface area contributed by atoms with E-state index in [1.807, 2.05) is 35.2 Å². The summed E-state index contributed by atoms with van der Waals surface area (Å²) in [7, 11) is 0. The Bertz CT molecular complexity index is 779. The first kappa shape index (κ1) is 18.8. The van der Waals surface area contributed by atoms with Crippen molar-refractivity contribution in [2.75, 3.05) is 13.1 Å². The fraction of sp³-hybridized carbons (Fsp3) is 0.333. The maximum absolute atomic E-state index is 12.4. The van der Waals surface area contributed by atoms with Crippen molar-refractivity contribution in [2.45, 2.75) is 31.7 Å². The highest BCUT2D eigenvalue weighted by atomic mass is 16.3. The molecular formula is C21H24N2O4. The van der Waals surface area contributed by atoms with Gasteiger partial charge in [-0.2, -0.15) is 0 Å². The molecule has 2 amide bonds. The number of piperidine rings is 1. The van der Waals surface area contributed by atoms with Crippen molar-refractivity contribution in [2.24, 2.45) is 0 Å². The van der Waals surface area contributed by atoms with Crippen molar-refractivity contribution in [3.05, 3.63) is 59.7 Å². The van der Waals surface area contributed by atoms with Crippen LogP contribution in [0.2, 0.25) is 0 Å². The number of aryl methyl sites for hydroxylation is 1. The average molecular weight is 368 g/mol. The van der Waals surface area contributed by atoms with Crippen molar-refractivity contribution in [1.29, 1.82) is 0 Å². The van der Waals surface area contributed by atoms with Crippen LogP contribution in [0.15, 0.2) is 48.5 Å². The number of amides is 2. The molecule has 1 aliphatic rings. The number of carbonyl (C=O) groups is 2. The minimum atomic E-state index is -0.338. The number of likely N-dealkylation sites (tertiary alicyclic amines) is 1. The maximum Gasteiger partial charge on any atom is 0.251 e. The molecule has 6 heteroatoms. The molecule has 6 nitrogen and oxygen atoms in total. The second-order valence-electron chi connectivity index (χ2n) is 6.85. The number of aromatic hydroxyl groups is 2. The molecule has 27 heavy (non-hydrogen) atoms. The van der Waals surface area contributed by atoms with E-state index in [0.717, 1.165) is 12.0 Å². The number of hydrogen-bond donors (Lipinski definition) is 3. The van der Waals surface area contributed by atoms with Crippen molar-refractivity contribution in [3.63, 3.8) is 0 Å². The predicted octanol–water partition coefficient (Wildman–Crippen LogP) is 2.45. The topological polar surface area (TPSA) is 89.9 Å². The van der Waals surface area contributed by atoms with Crippen LogP contribution < -0.4 is 5.32 Å². The van der Waals surface area contributed by atoms with E-state index in [1.165, 1.54) is 18.2 Å². The number of hydrogen-bond acceptors (Lipinski definition) is 4. The van der Waals surface area contributed by atoms with Gasteiger partial charge in [0.05, 0.1) is 0 Å². The van der Waals surface area contributed by atoms with E-state index in [4.69, 9.17) is 0 Å². The van der Waals surface area contributed by atoms with Gasteiger partial charge in [-0.1, -0.05) is 30.3 Å². The van der Waals surface area contributed by atoms with Gasteiger partial charge in [0.2, 0.25) is 5.91 Å². The van der Waals surface area contributed by atoms with Crippen molar-refractivity contribution in [1.82, 2.24) is 10.2 Å². The van der Waals surface area contributed by atoms with Gasteiger partial charge in [0.15, 0.2) is 0 Å². The average Bonchev–Trinajstić information content (AvgIpc) is 2.66. The molecule has 2 aromatic rings. The van der Waals surface area contributed by atoms with Crippen LogP contribution in [0.25, 0.3) is 0 Å². The molecular weight excluding hydrogens is 344 g/mol. The van der Waals surface area contributed by atoms with Gasteiger partial charge in [0.1, 0.15) is 11.5 Å². The third-order valence-electron chi connectivity index (χ3n) is 4.82. The van der Waals surface area contributed by atoms with E-state index >= 15 is 0 Å². The minimum Gasteiger partial charge on any atom is -0.508 e. The Balaban J connectivity index is 1.45. The summed E-state index contributed by atoms with van der Waals surface area (Å²) in [5, 5.41) is 21.9. The van der Waals surface area contributed by atoms with Crippen LogP contribution in [0.1, 0.15) is 35.2 Å². The normalized spacial score (nSPS) is 14.7. The number of carbonyl (C=O) groups excluding carboxylic acids is 2. The Hall–Kier alpha value is -3.02. The second-order valence-corrected chi connectivity index (χ2v) is 6.85. The summed E-state index contributed by atoms with van der Waals surface area (Å²) >= 11 is 0. The summed E-state index contributed by atoms with van der Waals surface area (Å²) in [6.07, 6.45) is 2.60. The zero-order valence-corrected chi connectivity index (χ0v) is 15.1. The van der Waals surface area contributed by atoms with E-state index in [2.05, 4.69) is 5.32 Å². The summed E-state index contributed by atoms with van der Waals surface area (Å²) in [6.45, 7) is 1.23. The lowest BCUT2D eigenvalue weighted by atomic mass is 10.0. The summed E-state index contributed by atoms with van der Waals surface area (Å²) < 4.78 is 0. The molecule has 1 aliphatic heterocycles. The molecule has 0 aromatic heterocycles. The molecule has 2 aromatic carbocycles. The first-order valence-electron chi connectivity index (χ1n) is 9.17. The van der Waals surface area contributed by atoms with E-state index in [1.54, 1.807) is 0 Å². The van der Waals surface area contributed by atoms with Crippen LogP contribution in [0.4, 0.5) is 0 Å². The van der Waals surface area contributed by atoms with Crippen molar-refractivity contribution >= 4 is 11.8 Å². The SMILES string of the molecule is O=C(NC1CCN(C(=O)CCc2ccccc2)CC1)c1cc(O)cc(O)c1. The molecule has 0 radical (unpaired) electrons. The Morgan fingerprint density at radius 3 is 2.26 bits per heavy atom. The Morgan fingerprint density at radius 2 is 1.63 bits per heavy atom. The molecule has 1 heterocycles. The lowest BCUT2D eigenvalue weighted by Crippen LogP contribution is -2.46. The summed E-state index contributed by atoms with van der Waals surface area (Å²) in [6, 6.07) is 13.7. The van der Waals surface area contributed by atoms with E-state index in [0.29, 0.717) is 32.4 Å². The van der Waals surface area contributed by atoms with E-state index in [9.17, 15) is 19.8 Å². The Labute approximate surface area is 158 Å². The fourth-order valence-corrected chi connectivity index (χ4v) is 3.32. The van der Waals surface area contributed by atoms with Gasteiger partial charge in [-0.25, -0.2) is 0 Å². The predicted molar refractivity (Wildman–Crippen MR) is 102 cm³/mol. The molecule has 142 valence electrons. The quantitative estimate of drug-likeness (QED) is 0.756. The smallest absolute Gasteiger partial charge is 0.251 e. The van der Waals surface area contributed by atoms with Crippen LogP contribution in [0.5, 0.6) is 11.5 Å². The zero-order chi connectivity index (χ0) is 19.2. The number of benzene rings is 2. The molecule has 0 unspecified atom stereocenters. The summed E-state index contributed by atoms with van der Waals surface area (Å²) in [5.74, 6) is -0.505. The largest absolute Gasteiger partial charge is 0.508 e. The molecule has 0 saturated carbocycles. The standard InChI is InChI=1S/C21H24N2O4/c24-18-12-16(13-19(25)14-18)21(27)22-17-8-10-23(11-9-17)20(26)7-6-15-4-2-1-3-5-15/h1-5,12-14,17,24-25H,6-11H2,(H,22,27). The number of nitrogens with zero attached hydrogens (tertiary/aromatic N) is 1. The van der Waals surface area contributed by atoms with Gasteiger partial charge in [-0.05, 0) is 37.0 Å². The first-order valence-corrected chi connectivity index (χ1v) is 9.17. The van der Waals surface area contributed by atoms with Crippen molar-refractivity contribution < 1.29 is 19.8 Å². The number of phenols is 2. The molecule has 0 atom stereocenters. The summed E-state index contributed by atoms with van der Waals surface area (Å²) in [5.41, 5.74) is 1.37. The Kier molecular flexibility index (Phi) is 5.96. The van der Waals surface area contributed by atoms with Crippen LogP contribution in [-0.2, 0) is 11.2 Å². The maximum atomic E-state index is 12.4. The number of nitrogens with one attached hydrogen (secondary N) is 1. The second kappa shape index (κ2) is 8.58. The third kappa shape index (κ3) is 5.23. The van der Waals surface area contributed by atoms with Gasteiger partial charge in [-0.15, -0.1) is 0 Å². The highest BCUT2D eigenvalue weighted by Gasteiger charge is 2.24. The van der Waals surface area contributed by atoms with Gasteiger partial charge in [0, 0.05) is 37.2 Å². The fourth-order valence-electron chi connectivity index (χ4n) is 3.32. The van der Waals surface area contributed by atoms with Crippen LogP contribution >= 0.6 is 0 Å². The zero-order valence-electron chi connectivity index (χ0n) is 15.1. The highest BCUT2D eigenvalue weighted by Crippen LogP contribution is 2.21. The van der Waals surface area contributed by atoms with Gasteiger partial charge in [-0.3, -0.25) is 9.59 Å². The molecule has 3 rings (SSSR count). The first-order chi connectivity index (χ1) is 13.0. The number of phenolic OH excluding ortho intramolecular Hbond substituents is 2. The van der Waals surface area contributed by atoms with Gasteiger partial charge < -0.3 is 20.4 Å². The van der Waals surface area contributed by atoms with Gasteiger partial charge >= 0.3 is 0 Å². The van der Waals surface area contributed by atoms with Gasteiger partial charge in [0.25, 0.3) is 5.91 Å². The third-order valence-corrected chi connectivity index (χ3v) is 4.82. The molecule has 0 spiro atoms. The highest BCUT2D eigenvalue weighted by molar-refractivity contribution is 5.95. The Morgan fingerprint density at radius 1 is 1.00 bits per heavy atom. The lowest BCUT2D eigenvalue weighted by Gasteiger charge is -2.32. The lowest BCUT2D eigenvalue weighted by molar-refractivity contribution is -0.132. The summed E-state index contributed by atoms with van der Waals surface area (Å²) in [4.78, 5) is 26.5. The monoisotopic (exact) mass is 368 g/mol. The van der Waals surface area contributed by atoms with E-state index in [-0.39, 0.29) is 34.9 Å². The van der Waals surface area contributed by atoms with E-state index < -0.39 is 0 Å². The molecule has 0 bridgehead atoms.